The molecule has 0 aliphatic rings. The molecule has 0 radical (unpaired) electrons. The summed E-state index contributed by atoms with van der Waals surface area (Å²) in [7, 11) is 0. The van der Waals surface area contributed by atoms with E-state index in [9.17, 15) is 4.79 Å². The molecule has 0 aromatic carbocycles. The first kappa shape index (κ1) is 12.7. The summed E-state index contributed by atoms with van der Waals surface area (Å²) in [5.74, 6) is 0.576. The molecule has 18 heavy (non-hydrogen) atoms. The summed E-state index contributed by atoms with van der Waals surface area (Å²) in [6, 6.07) is 3.86. The highest BCUT2D eigenvalue weighted by Gasteiger charge is 2.13. The van der Waals surface area contributed by atoms with Crippen LogP contribution in [0.1, 0.15) is 13.8 Å². The van der Waals surface area contributed by atoms with E-state index in [4.69, 9.17) is 0 Å². The van der Waals surface area contributed by atoms with Crippen LogP contribution in [0.15, 0.2) is 17.5 Å². The normalized spacial score (nSPS) is 10.6. The topological polar surface area (TPSA) is 63.9 Å². The van der Waals surface area contributed by atoms with Gasteiger partial charge in [0.1, 0.15) is 6.54 Å². The van der Waals surface area contributed by atoms with Gasteiger partial charge in [0.15, 0.2) is 0 Å². The zero-order valence-corrected chi connectivity index (χ0v) is 11.2. The number of carbonyl (C=O) groups excluding carboxylic acids is 1. The molecule has 0 saturated heterocycles. The van der Waals surface area contributed by atoms with Crippen molar-refractivity contribution < 1.29 is 4.79 Å². The van der Waals surface area contributed by atoms with E-state index in [-0.39, 0.29) is 12.5 Å². The molecule has 0 aliphatic heterocycles. The molecule has 0 unspecified atom stereocenters. The maximum absolute atomic E-state index is 11.9. The van der Waals surface area contributed by atoms with Gasteiger partial charge in [0.05, 0.1) is 4.88 Å². The van der Waals surface area contributed by atoms with E-state index in [1.165, 1.54) is 4.80 Å². The predicted octanol–water partition coefficient (Wildman–Crippen LogP) is 1.27. The molecule has 2 aromatic heterocycles. The third kappa shape index (κ3) is 2.73. The number of carbonyl (C=O) groups is 1. The Bertz CT molecular complexity index is 503. The van der Waals surface area contributed by atoms with Crippen molar-refractivity contribution >= 4 is 17.2 Å². The Morgan fingerprint density at radius 1 is 1.44 bits per heavy atom. The molecule has 0 saturated carbocycles. The van der Waals surface area contributed by atoms with E-state index in [1.807, 2.05) is 31.4 Å². The summed E-state index contributed by atoms with van der Waals surface area (Å²) >= 11 is 1.55. The van der Waals surface area contributed by atoms with Gasteiger partial charge in [0.25, 0.3) is 0 Å². The number of thiophene rings is 1. The second kappa shape index (κ2) is 5.72. The quantitative estimate of drug-likeness (QED) is 0.816. The lowest BCUT2D eigenvalue weighted by atomic mass is 10.4. The first-order valence-corrected chi connectivity index (χ1v) is 6.72. The number of hydrogen-bond donors (Lipinski definition) is 0. The Kier molecular flexibility index (Phi) is 4.03. The van der Waals surface area contributed by atoms with Crippen molar-refractivity contribution in [3.63, 3.8) is 0 Å². The summed E-state index contributed by atoms with van der Waals surface area (Å²) in [6.07, 6.45) is 0. The molecule has 0 atom stereocenters. The Morgan fingerprint density at radius 3 is 2.83 bits per heavy atom. The van der Waals surface area contributed by atoms with Crippen LogP contribution in [0.25, 0.3) is 10.7 Å². The molecule has 2 heterocycles. The van der Waals surface area contributed by atoms with Crippen LogP contribution in [0.2, 0.25) is 0 Å². The van der Waals surface area contributed by atoms with Crippen LogP contribution in [0.5, 0.6) is 0 Å². The molecule has 2 rings (SSSR count). The number of tetrazole rings is 1. The highest BCUT2D eigenvalue weighted by Crippen LogP contribution is 2.19. The van der Waals surface area contributed by atoms with Crippen LogP contribution in [-0.2, 0) is 11.3 Å². The molecule has 0 aliphatic carbocycles. The third-order valence-electron chi connectivity index (χ3n) is 2.59. The maximum Gasteiger partial charge on any atom is 0.246 e. The molecule has 0 bridgehead atoms. The molecule has 1 amide bonds. The standard InChI is InChI=1S/C11H15N5OS/c1-3-15(4-2)10(17)8-16-13-11(12-14-16)9-6-5-7-18-9/h5-7H,3-4,8H2,1-2H3. The summed E-state index contributed by atoms with van der Waals surface area (Å²) in [4.78, 5) is 15.9. The van der Waals surface area contributed by atoms with Crippen molar-refractivity contribution in [2.45, 2.75) is 20.4 Å². The minimum Gasteiger partial charge on any atom is -0.342 e. The monoisotopic (exact) mass is 265 g/mol. The van der Waals surface area contributed by atoms with Gasteiger partial charge in [-0.25, -0.2) is 0 Å². The summed E-state index contributed by atoms with van der Waals surface area (Å²) in [6.45, 7) is 5.43. The number of hydrogen-bond acceptors (Lipinski definition) is 5. The van der Waals surface area contributed by atoms with Crippen LogP contribution in [0.3, 0.4) is 0 Å². The van der Waals surface area contributed by atoms with E-state index in [0.29, 0.717) is 18.9 Å². The van der Waals surface area contributed by atoms with E-state index < -0.39 is 0 Å². The van der Waals surface area contributed by atoms with Gasteiger partial charge in [-0.3, -0.25) is 4.79 Å². The van der Waals surface area contributed by atoms with Gasteiger partial charge >= 0.3 is 0 Å². The smallest absolute Gasteiger partial charge is 0.246 e. The minimum atomic E-state index is 0.00938. The first-order chi connectivity index (χ1) is 8.74. The van der Waals surface area contributed by atoms with Gasteiger partial charge in [-0.05, 0) is 30.5 Å². The molecule has 96 valence electrons. The van der Waals surface area contributed by atoms with Crippen molar-refractivity contribution in [2.75, 3.05) is 13.1 Å². The molecule has 7 heteroatoms. The number of amides is 1. The van der Waals surface area contributed by atoms with Gasteiger partial charge in [-0.1, -0.05) is 6.07 Å². The van der Waals surface area contributed by atoms with E-state index in [0.717, 1.165) is 4.88 Å². The van der Waals surface area contributed by atoms with Crippen LogP contribution in [0.4, 0.5) is 0 Å². The van der Waals surface area contributed by atoms with Crippen molar-refractivity contribution in [1.29, 1.82) is 0 Å². The minimum absolute atomic E-state index is 0.00938. The highest BCUT2D eigenvalue weighted by atomic mass is 32.1. The summed E-state index contributed by atoms with van der Waals surface area (Å²) < 4.78 is 0. The predicted molar refractivity (Wildman–Crippen MR) is 69.1 cm³/mol. The van der Waals surface area contributed by atoms with Crippen LogP contribution in [0, 0.1) is 0 Å². The molecule has 0 spiro atoms. The van der Waals surface area contributed by atoms with E-state index in [1.54, 1.807) is 16.2 Å². The van der Waals surface area contributed by atoms with Gasteiger partial charge in [0, 0.05) is 13.1 Å². The van der Waals surface area contributed by atoms with Crippen molar-refractivity contribution in [3.8, 4) is 10.7 Å². The molecule has 0 fully saturated rings. The fourth-order valence-electron chi connectivity index (χ4n) is 1.61. The molecule has 0 N–H and O–H groups in total. The van der Waals surface area contributed by atoms with Crippen molar-refractivity contribution in [1.82, 2.24) is 25.1 Å². The fraction of sp³-hybridized carbons (Fsp3) is 0.455. The average molecular weight is 265 g/mol. The van der Waals surface area contributed by atoms with Crippen LogP contribution in [-0.4, -0.2) is 44.1 Å². The van der Waals surface area contributed by atoms with Gasteiger partial charge in [0.2, 0.25) is 11.7 Å². The number of aromatic nitrogens is 4. The van der Waals surface area contributed by atoms with Gasteiger partial charge < -0.3 is 4.90 Å². The van der Waals surface area contributed by atoms with Crippen LogP contribution >= 0.6 is 11.3 Å². The number of nitrogens with zero attached hydrogens (tertiary/aromatic N) is 5. The highest BCUT2D eigenvalue weighted by molar-refractivity contribution is 7.13. The molecule has 2 aromatic rings. The molecular weight excluding hydrogens is 250 g/mol. The third-order valence-corrected chi connectivity index (χ3v) is 3.45. The fourth-order valence-corrected chi connectivity index (χ4v) is 2.26. The maximum atomic E-state index is 11.9. The van der Waals surface area contributed by atoms with Gasteiger partial charge in [-0.15, -0.1) is 21.5 Å². The van der Waals surface area contributed by atoms with Crippen molar-refractivity contribution in [3.05, 3.63) is 17.5 Å². The lowest BCUT2D eigenvalue weighted by Crippen LogP contribution is -2.34. The Labute approximate surface area is 109 Å². The lowest BCUT2D eigenvalue weighted by molar-refractivity contribution is -0.131. The molecule has 6 nitrogen and oxygen atoms in total. The number of likely N-dealkylation sites (N-methyl/N-ethyl adjacent to an activating group) is 1. The lowest BCUT2D eigenvalue weighted by Gasteiger charge is -2.17. The Balaban J connectivity index is 2.05. The second-order valence-electron chi connectivity index (χ2n) is 3.69. The van der Waals surface area contributed by atoms with Gasteiger partial charge in [-0.2, -0.15) is 4.80 Å². The zero-order chi connectivity index (χ0) is 13.0. The zero-order valence-electron chi connectivity index (χ0n) is 10.4. The van der Waals surface area contributed by atoms with E-state index >= 15 is 0 Å². The second-order valence-corrected chi connectivity index (χ2v) is 4.63. The van der Waals surface area contributed by atoms with E-state index in [2.05, 4.69) is 15.4 Å². The van der Waals surface area contributed by atoms with Crippen LogP contribution < -0.4 is 0 Å². The summed E-state index contributed by atoms with van der Waals surface area (Å²) in [5, 5.41) is 14.0. The first-order valence-electron chi connectivity index (χ1n) is 5.84. The Hall–Kier alpha value is -1.76. The SMILES string of the molecule is CCN(CC)C(=O)Cn1nnc(-c2cccs2)n1. The largest absolute Gasteiger partial charge is 0.342 e. The number of rotatable bonds is 5. The summed E-state index contributed by atoms with van der Waals surface area (Å²) in [5.41, 5.74) is 0. The van der Waals surface area contributed by atoms with Crippen molar-refractivity contribution in [2.24, 2.45) is 0 Å². The average Bonchev–Trinajstić information content (AvgIpc) is 3.00. The molecular formula is C11H15N5OS. The Morgan fingerprint density at radius 2 is 2.22 bits per heavy atom.